The Kier molecular flexibility index (Phi) is 4.03. The monoisotopic (exact) mass is 339 g/mol. The number of benzene rings is 1. The van der Waals surface area contributed by atoms with Crippen LogP contribution in [0.25, 0.3) is 11.0 Å². The van der Waals surface area contributed by atoms with Crippen LogP contribution in [0.3, 0.4) is 0 Å². The first-order valence-electron chi connectivity index (χ1n) is 8.74. The van der Waals surface area contributed by atoms with E-state index in [1.165, 1.54) is 0 Å². The van der Waals surface area contributed by atoms with Crippen molar-refractivity contribution in [3.05, 3.63) is 47.3 Å². The Bertz CT molecular complexity index is 912. The third-order valence-corrected chi connectivity index (χ3v) is 4.81. The zero-order chi connectivity index (χ0) is 17.4. The molecule has 6 heteroatoms. The number of nitrogens with zero attached hydrogens (tertiary/aromatic N) is 3. The van der Waals surface area contributed by atoms with Crippen LogP contribution in [-0.2, 0) is 17.6 Å². The van der Waals surface area contributed by atoms with E-state index >= 15 is 0 Å². The molecule has 0 radical (unpaired) electrons. The van der Waals surface area contributed by atoms with Crippen molar-refractivity contribution in [2.75, 3.05) is 6.54 Å². The summed E-state index contributed by atoms with van der Waals surface area (Å²) in [5.41, 5.74) is 2.89. The number of hydrogen-bond acceptors (Lipinski definition) is 5. The van der Waals surface area contributed by atoms with E-state index in [0.29, 0.717) is 24.6 Å². The predicted molar refractivity (Wildman–Crippen MR) is 92.0 cm³/mol. The second-order valence-corrected chi connectivity index (χ2v) is 6.58. The van der Waals surface area contributed by atoms with Crippen molar-refractivity contribution in [3.63, 3.8) is 0 Å². The molecule has 3 aromatic rings. The van der Waals surface area contributed by atoms with Crippen molar-refractivity contribution >= 4 is 16.9 Å². The van der Waals surface area contributed by atoms with Gasteiger partial charge in [-0.15, -0.1) is 0 Å². The molecule has 1 aromatic carbocycles. The largest absolute Gasteiger partial charge is 0.464 e. The Balaban J connectivity index is 1.55. The molecular weight excluding hydrogens is 318 g/mol. The molecule has 2 aromatic heterocycles. The topological polar surface area (TPSA) is 72.4 Å². The van der Waals surface area contributed by atoms with Crippen LogP contribution in [0.1, 0.15) is 48.6 Å². The van der Waals surface area contributed by atoms with Crippen LogP contribution in [0, 0.1) is 6.92 Å². The van der Waals surface area contributed by atoms with E-state index in [1.54, 1.807) is 6.26 Å². The zero-order valence-corrected chi connectivity index (χ0v) is 14.5. The van der Waals surface area contributed by atoms with Crippen LogP contribution in [0.15, 0.2) is 33.4 Å². The third-order valence-electron chi connectivity index (χ3n) is 4.81. The SMILES string of the molecule is CCc1nc([C@H]2CCCN2C(=O)Cc2coc3cc(C)ccc23)no1. The molecule has 1 atom stereocenters. The minimum atomic E-state index is -0.0861. The summed E-state index contributed by atoms with van der Waals surface area (Å²) in [5, 5.41) is 5.06. The lowest BCUT2D eigenvalue weighted by Crippen LogP contribution is -2.32. The zero-order valence-electron chi connectivity index (χ0n) is 14.5. The number of furan rings is 1. The van der Waals surface area contributed by atoms with E-state index in [0.717, 1.165) is 41.5 Å². The Labute approximate surface area is 145 Å². The van der Waals surface area contributed by atoms with Crippen LogP contribution in [0.4, 0.5) is 0 Å². The van der Waals surface area contributed by atoms with Gasteiger partial charge < -0.3 is 13.8 Å². The fourth-order valence-electron chi connectivity index (χ4n) is 3.47. The van der Waals surface area contributed by atoms with Crippen molar-refractivity contribution in [1.29, 1.82) is 0 Å². The molecule has 0 aliphatic carbocycles. The second-order valence-electron chi connectivity index (χ2n) is 6.58. The Morgan fingerprint density at radius 3 is 3.08 bits per heavy atom. The molecule has 1 saturated heterocycles. The minimum Gasteiger partial charge on any atom is -0.464 e. The molecule has 1 fully saturated rings. The lowest BCUT2D eigenvalue weighted by Gasteiger charge is -2.22. The van der Waals surface area contributed by atoms with Crippen molar-refractivity contribution in [2.24, 2.45) is 0 Å². The molecular formula is C19H21N3O3. The molecule has 0 N–H and O–H groups in total. The van der Waals surface area contributed by atoms with E-state index in [1.807, 2.05) is 36.9 Å². The van der Waals surface area contributed by atoms with Gasteiger partial charge in [0.1, 0.15) is 5.58 Å². The summed E-state index contributed by atoms with van der Waals surface area (Å²) in [6.45, 7) is 4.73. The molecule has 1 aliphatic rings. The highest BCUT2D eigenvalue weighted by Gasteiger charge is 2.33. The van der Waals surface area contributed by atoms with Gasteiger partial charge in [0.25, 0.3) is 0 Å². The number of carbonyl (C=O) groups excluding carboxylic acids is 1. The number of aromatic nitrogens is 2. The first-order valence-corrected chi connectivity index (χ1v) is 8.74. The lowest BCUT2D eigenvalue weighted by molar-refractivity contribution is -0.131. The molecule has 25 heavy (non-hydrogen) atoms. The fourth-order valence-corrected chi connectivity index (χ4v) is 3.47. The first kappa shape index (κ1) is 15.9. The van der Waals surface area contributed by atoms with E-state index in [2.05, 4.69) is 10.1 Å². The van der Waals surface area contributed by atoms with E-state index in [4.69, 9.17) is 8.94 Å². The van der Waals surface area contributed by atoms with Gasteiger partial charge in [-0.1, -0.05) is 24.2 Å². The van der Waals surface area contributed by atoms with E-state index in [-0.39, 0.29) is 11.9 Å². The fraction of sp³-hybridized carbons (Fsp3) is 0.421. The molecule has 6 nitrogen and oxygen atoms in total. The van der Waals surface area contributed by atoms with Gasteiger partial charge in [-0.3, -0.25) is 4.79 Å². The standard InChI is InChI=1S/C19H21N3O3/c1-3-17-20-19(21-25-17)15-5-4-8-22(15)18(23)10-13-11-24-16-9-12(2)6-7-14(13)16/h6-7,9,11,15H,3-5,8,10H2,1-2H3/t15-/m1/s1. The van der Waals surface area contributed by atoms with Crippen LogP contribution in [0.2, 0.25) is 0 Å². The highest BCUT2D eigenvalue weighted by Crippen LogP contribution is 2.31. The first-order chi connectivity index (χ1) is 12.2. The molecule has 1 aliphatic heterocycles. The normalized spacial score (nSPS) is 17.5. The quantitative estimate of drug-likeness (QED) is 0.726. The summed E-state index contributed by atoms with van der Waals surface area (Å²) in [6, 6.07) is 5.96. The summed E-state index contributed by atoms with van der Waals surface area (Å²) < 4.78 is 10.8. The number of hydrogen-bond donors (Lipinski definition) is 0. The number of fused-ring (bicyclic) bond motifs is 1. The number of amides is 1. The highest BCUT2D eigenvalue weighted by molar-refractivity contribution is 5.88. The van der Waals surface area contributed by atoms with Gasteiger partial charge in [0, 0.05) is 23.9 Å². The van der Waals surface area contributed by atoms with Gasteiger partial charge in [0.05, 0.1) is 18.7 Å². The van der Waals surface area contributed by atoms with Crippen LogP contribution in [-0.4, -0.2) is 27.5 Å². The summed E-state index contributed by atoms with van der Waals surface area (Å²) in [5.74, 6) is 1.31. The Morgan fingerprint density at radius 2 is 2.28 bits per heavy atom. The van der Waals surface area contributed by atoms with Gasteiger partial charge in [0.15, 0.2) is 5.82 Å². The van der Waals surface area contributed by atoms with Gasteiger partial charge in [-0.05, 0) is 31.4 Å². The maximum Gasteiger partial charge on any atom is 0.227 e. The minimum absolute atomic E-state index is 0.0774. The van der Waals surface area contributed by atoms with Gasteiger partial charge in [-0.2, -0.15) is 4.98 Å². The summed E-state index contributed by atoms with van der Waals surface area (Å²) >= 11 is 0. The van der Waals surface area contributed by atoms with Crippen LogP contribution < -0.4 is 0 Å². The maximum atomic E-state index is 12.9. The molecule has 0 unspecified atom stereocenters. The third kappa shape index (κ3) is 2.92. The van der Waals surface area contributed by atoms with Crippen LogP contribution >= 0.6 is 0 Å². The number of rotatable bonds is 4. The van der Waals surface area contributed by atoms with E-state index < -0.39 is 0 Å². The summed E-state index contributed by atoms with van der Waals surface area (Å²) in [6.07, 6.45) is 4.55. The predicted octanol–water partition coefficient (Wildman–Crippen LogP) is 3.59. The molecule has 130 valence electrons. The van der Waals surface area contributed by atoms with E-state index in [9.17, 15) is 4.79 Å². The van der Waals surface area contributed by atoms with Gasteiger partial charge in [0.2, 0.25) is 11.8 Å². The van der Waals surface area contributed by atoms with Gasteiger partial charge in [-0.25, -0.2) is 0 Å². The second kappa shape index (κ2) is 6.35. The van der Waals surface area contributed by atoms with Gasteiger partial charge >= 0.3 is 0 Å². The molecule has 3 heterocycles. The van der Waals surface area contributed by atoms with Crippen LogP contribution in [0.5, 0.6) is 0 Å². The van der Waals surface area contributed by atoms with Crippen molar-refractivity contribution < 1.29 is 13.7 Å². The average molecular weight is 339 g/mol. The van der Waals surface area contributed by atoms with Crippen molar-refractivity contribution in [2.45, 2.75) is 45.6 Å². The number of aryl methyl sites for hydroxylation is 2. The molecule has 1 amide bonds. The highest BCUT2D eigenvalue weighted by atomic mass is 16.5. The average Bonchev–Trinajstić information content (AvgIpc) is 3.33. The molecule has 0 spiro atoms. The smallest absolute Gasteiger partial charge is 0.227 e. The Morgan fingerprint density at radius 1 is 1.40 bits per heavy atom. The Hall–Kier alpha value is -2.63. The number of likely N-dealkylation sites (tertiary alicyclic amines) is 1. The molecule has 0 bridgehead atoms. The number of carbonyl (C=O) groups is 1. The summed E-state index contributed by atoms with van der Waals surface area (Å²) in [4.78, 5) is 19.2. The molecule has 0 saturated carbocycles. The lowest BCUT2D eigenvalue weighted by atomic mass is 10.1. The van der Waals surface area contributed by atoms with Crippen molar-refractivity contribution in [1.82, 2.24) is 15.0 Å². The maximum absolute atomic E-state index is 12.9. The molecule has 4 rings (SSSR count). The van der Waals surface area contributed by atoms with Crippen molar-refractivity contribution in [3.8, 4) is 0 Å². The summed E-state index contributed by atoms with van der Waals surface area (Å²) in [7, 11) is 0.